The van der Waals surface area contributed by atoms with Gasteiger partial charge in [-0.1, -0.05) is 22.0 Å². The molecule has 0 N–H and O–H groups in total. The average molecular weight is 329 g/mol. The molecule has 2 rings (SSSR count). The molecule has 2 nitrogen and oxygen atoms in total. The third-order valence-electron chi connectivity index (χ3n) is 2.70. The van der Waals surface area contributed by atoms with E-state index in [0.717, 1.165) is 16.4 Å². The Bertz CT molecular complexity index is 542. The van der Waals surface area contributed by atoms with Crippen molar-refractivity contribution in [1.82, 2.24) is 4.98 Å². The summed E-state index contributed by atoms with van der Waals surface area (Å²) in [6, 6.07) is 5.15. The van der Waals surface area contributed by atoms with Crippen LogP contribution in [-0.4, -0.2) is 12.0 Å². The summed E-state index contributed by atoms with van der Waals surface area (Å²) in [6.45, 7) is 2.67. The van der Waals surface area contributed by atoms with E-state index < -0.39 is 0 Å². The first-order valence-corrected chi connectivity index (χ1v) is 7.57. The summed E-state index contributed by atoms with van der Waals surface area (Å²) in [5, 5.41) is 3.60. The van der Waals surface area contributed by atoms with Crippen molar-refractivity contribution in [3.8, 4) is 0 Å². The maximum Gasteiger partial charge on any atom is 0.129 e. The normalized spacial score (nSPS) is 10.7. The molecule has 0 saturated heterocycles. The van der Waals surface area contributed by atoms with E-state index in [9.17, 15) is 4.39 Å². The van der Waals surface area contributed by atoms with Gasteiger partial charge in [-0.2, -0.15) is 0 Å². The van der Waals surface area contributed by atoms with Crippen molar-refractivity contribution in [2.45, 2.75) is 18.8 Å². The molecule has 0 atom stereocenters. The van der Waals surface area contributed by atoms with Crippen LogP contribution in [0.25, 0.3) is 0 Å². The molecule has 96 valence electrons. The lowest BCUT2D eigenvalue weighted by molar-refractivity contribution is 0.616. The number of halogens is 2. The van der Waals surface area contributed by atoms with Gasteiger partial charge in [0.15, 0.2) is 0 Å². The van der Waals surface area contributed by atoms with Gasteiger partial charge in [0, 0.05) is 29.0 Å². The van der Waals surface area contributed by atoms with Gasteiger partial charge in [-0.15, -0.1) is 11.3 Å². The second-order valence-corrected chi connectivity index (χ2v) is 5.71. The van der Waals surface area contributed by atoms with Gasteiger partial charge in [-0.25, -0.2) is 9.37 Å². The molecular formula is C13H14BrFN2S. The lowest BCUT2D eigenvalue weighted by Crippen LogP contribution is -2.18. The Morgan fingerprint density at radius 2 is 2.22 bits per heavy atom. The van der Waals surface area contributed by atoms with Gasteiger partial charge in [0.1, 0.15) is 5.82 Å². The van der Waals surface area contributed by atoms with Crippen LogP contribution in [0.4, 0.5) is 10.1 Å². The van der Waals surface area contributed by atoms with Crippen LogP contribution in [0.5, 0.6) is 0 Å². The van der Waals surface area contributed by atoms with Gasteiger partial charge < -0.3 is 4.90 Å². The summed E-state index contributed by atoms with van der Waals surface area (Å²) in [4.78, 5) is 6.45. The number of aromatic nitrogens is 1. The molecule has 18 heavy (non-hydrogen) atoms. The Labute approximate surface area is 119 Å². The molecule has 0 bridgehead atoms. The van der Waals surface area contributed by atoms with Crippen molar-refractivity contribution in [2.24, 2.45) is 0 Å². The van der Waals surface area contributed by atoms with Crippen LogP contribution in [0.3, 0.4) is 0 Å². The molecular weight excluding hydrogens is 315 g/mol. The summed E-state index contributed by atoms with van der Waals surface area (Å²) in [5.74, 6) is -0.175. The molecule has 0 aliphatic rings. The Hall–Kier alpha value is -0.940. The molecule has 0 saturated carbocycles. The van der Waals surface area contributed by atoms with Crippen LogP contribution >= 0.6 is 27.3 Å². The predicted molar refractivity (Wildman–Crippen MR) is 78.0 cm³/mol. The minimum Gasteiger partial charge on any atom is -0.368 e. The molecule has 0 amide bonds. The molecule has 0 aliphatic carbocycles. The maximum absolute atomic E-state index is 13.7. The lowest BCUT2D eigenvalue weighted by Gasteiger charge is -2.21. The van der Waals surface area contributed by atoms with E-state index in [0.29, 0.717) is 17.4 Å². The molecule has 1 aromatic carbocycles. The third-order valence-corrected chi connectivity index (χ3v) is 4.09. The standard InChI is InChI=1S/C13H14BrFN2S/c1-9-16-10(8-18-9)7-17(2)13-5-3-4-12(15)11(13)6-14/h3-5,8H,6-7H2,1-2H3. The van der Waals surface area contributed by atoms with Crippen molar-refractivity contribution in [2.75, 3.05) is 11.9 Å². The predicted octanol–water partition coefficient (Wildman–Crippen LogP) is 4.12. The first-order valence-electron chi connectivity index (χ1n) is 5.57. The van der Waals surface area contributed by atoms with Crippen molar-refractivity contribution < 1.29 is 4.39 Å². The second kappa shape index (κ2) is 5.80. The van der Waals surface area contributed by atoms with Gasteiger partial charge in [0.05, 0.1) is 17.2 Å². The number of anilines is 1. The van der Waals surface area contributed by atoms with E-state index in [1.165, 1.54) is 6.07 Å². The Kier molecular flexibility index (Phi) is 4.35. The monoisotopic (exact) mass is 328 g/mol. The van der Waals surface area contributed by atoms with Gasteiger partial charge in [-0.05, 0) is 19.1 Å². The first kappa shape index (κ1) is 13.5. The number of hydrogen-bond acceptors (Lipinski definition) is 3. The highest BCUT2D eigenvalue weighted by Crippen LogP contribution is 2.26. The van der Waals surface area contributed by atoms with Crippen molar-refractivity contribution in [3.63, 3.8) is 0 Å². The number of benzene rings is 1. The molecule has 0 unspecified atom stereocenters. The molecule has 0 aliphatic heterocycles. The highest BCUT2D eigenvalue weighted by Gasteiger charge is 2.12. The summed E-state index contributed by atoms with van der Waals surface area (Å²) < 4.78 is 13.7. The quantitative estimate of drug-likeness (QED) is 0.785. The Balaban J connectivity index is 2.23. The summed E-state index contributed by atoms with van der Waals surface area (Å²) in [6.07, 6.45) is 0. The summed E-state index contributed by atoms with van der Waals surface area (Å²) in [5.41, 5.74) is 2.61. The molecule has 5 heteroatoms. The van der Waals surface area contributed by atoms with Crippen molar-refractivity contribution >= 4 is 33.0 Å². The summed E-state index contributed by atoms with van der Waals surface area (Å²) >= 11 is 4.97. The van der Waals surface area contributed by atoms with Crippen molar-refractivity contribution in [1.29, 1.82) is 0 Å². The van der Waals surface area contributed by atoms with Gasteiger partial charge in [0.25, 0.3) is 0 Å². The highest BCUT2D eigenvalue weighted by atomic mass is 79.9. The first-order chi connectivity index (χ1) is 8.61. The Morgan fingerprint density at radius 3 is 2.83 bits per heavy atom. The minimum absolute atomic E-state index is 0.175. The highest BCUT2D eigenvalue weighted by molar-refractivity contribution is 9.08. The van der Waals surface area contributed by atoms with Crippen LogP contribution in [-0.2, 0) is 11.9 Å². The van der Waals surface area contributed by atoms with E-state index in [1.807, 2.05) is 30.3 Å². The maximum atomic E-state index is 13.7. The van der Waals surface area contributed by atoms with Gasteiger partial charge >= 0.3 is 0 Å². The number of nitrogens with zero attached hydrogens (tertiary/aromatic N) is 2. The smallest absolute Gasteiger partial charge is 0.129 e. The van der Waals surface area contributed by atoms with Crippen molar-refractivity contribution in [3.05, 3.63) is 45.7 Å². The van der Waals surface area contributed by atoms with Crippen LogP contribution in [0, 0.1) is 12.7 Å². The Morgan fingerprint density at radius 1 is 1.44 bits per heavy atom. The number of thiazole rings is 1. The largest absolute Gasteiger partial charge is 0.368 e. The zero-order valence-corrected chi connectivity index (χ0v) is 12.7. The van der Waals surface area contributed by atoms with E-state index in [2.05, 4.69) is 20.9 Å². The average Bonchev–Trinajstić information content (AvgIpc) is 2.74. The fraction of sp³-hybridized carbons (Fsp3) is 0.308. The van der Waals surface area contributed by atoms with Gasteiger partial charge in [0.2, 0.25) is 0 Å². The number of alkyl halides is 1. The van der Waals surface area contributed by atoms with E-state index in [4.69, 9.17) is 0 Å². The third kappa shape index (κ3) is 2.90. The number of rotatable bonds is 4. The fourth-order valence-electron chi connectivity index (χ4n) is 1.85. The number of hydrogen-bond donors (Lipinski definition) is 0. The van der Waals surface area contributed by atoms with Crippen LogP contribution in [0.2, 0.25) is 0 Å². The fourth-order valence-corrected chi connectivity index (χ4v) is 3.01. The minimum atomic E-state index is -0.175. The molecule has 2 aromatic rings. The summed E-state index contributed by atoms with van der Waals surface area (Å²) in [7, 11) is 1.95. The molecule has 0 fully saturated rings. The SMILES string of the molecule is Cc1nc(CN(C)c2cccc(F)c2CBr)cs1. The van der Waals surface area contributed by atoms with Gasteiger partial charge in [-0.3, -0.25) is 0 Å². The van der Waals surface area contributed by atoms with Crippen LogP contribution < -0.4 is 4.90 Å². The van der Waals surface area contributed by atoms with Crippen LogP contribution in [0.1, 0.15) is 16.3 Å². The lowest BCUT2D eigenvalue weighted by atomic mass is 10.1. The second-order valence-electron chi connectivity index (χ2n) is 4.09. The van der Waals surface area contributed by atoms with E-state index in [1.54, 1.807) is 17.4 Å². The topological polar surface area (TPSA) is 16.1 Å². The van der Waals surface area contributed by atoms with E-state index >= 15 is 0 Å². The van der Waals surface area contributed by atoms with E-state index in [-0.39, 0.29) is 5.82 Å². The van der Waals surface area contributed by atoms with Crippen LogP contribution in [0.15, 0.2) is 23.6 Å². The molecule has 0 spiro atoms. The molecule has 1 heterocycles. The zero-order chi connectivity index (χ0) is 13.1. The molecule has 0 radical (unpaired) electrons. The zero-order valence-electron chi connectivity index (χ0n) is 10.3. The molecule has 1 aromatic heterocycles. The number of aryl methyl sites for hydroxylation is 1.